The largest absolute Gasteiger partial charge is 0.497 e. The minimum absolute atomic E-state index is 0.224. The molecule has 0 bridgehead atoms. The lowest BCUT2D eigenvalue weighted by Gasteiger charge is -2.35. The fourth-order valence-electron chi connectivity index (χ4n) is 7.26. The first-order valence-corrected chi connectivity index (χ1v) is 27.3. The molecule has 356 valence electrons. The van der Waals surface area contributed by atoms with Gasteiger partial charge in [-0.3, -0.25) is 9.59 Å². The summed E-state index contributed by atoms with van der Waals surface area (Å²) >= 11 is 15.8. The Bertz CT molecular complexity index is 2790. The zero-order valence-corrected chi connectivity index (χ0v) is 42.3. The van der Waals surface area contributed by atoms with E-state index >= 15 is 0 Å². The van der Waals surface area contributed by atoms with Crippen molar-refractivity contribution in [1.82, 2.24) is 24.1 Å². The summed E-state index contributed by atoms with van der Waals surface area (Å²) in [5.41, 5.74) is 1.93. The topological polar surface area (TPSA) is 158 Å². The van der Waals surface area contributed by atoms with Crippen LogP contribution in [0.3, 0.4) is 0 Å². The Labute approximate surface area is 413 Å². The Morgan fingerprint density at radius 3 is 1.49 bits per heavy atom. The number of amides is 2. The van der Waals surface area contributed by atoms with Crippen LogP contribution >= 0.6 is 57.2 Å². The van der Waals surface area contributed by atoms with E-state index in [1.807, 2.05) is 12.1 Å². The van der Waals surface area contributed by atoms with E-state index in [1.54, 1.807) is 109 Å². The molecule has 0 aliphatic carbocycles. The second kappa shape index (κ2) is 23.2. The molecule has 2 fully saturated rings. The molecule has 3 aromatic heterocycles. The van der Waals surface area contributed by atoms with Crippen molar-refractivity contribution in [2.75, 3.05) is 78.0 Å². The average molecular weight is 1050 g/mol. The lowest BCUT2D eigenvalue weighted by molar-refractivity contribution is 0.0943. The summed E-state index contributed by atoms with van der Waals surface area (Å²) in [4.78, 5) is 31.9. The van der Waals surface area contributed by atoms with Gasteiger partial charge in [0.15, 0.2) is 0 Å². The van der Waals surface area contributed by atoms with Crippen LogP contribution in [0.2, 0.25) is 10.0 Å². The molecule has 14 nitrogen and oxygen atoms in total. The number of ether oxygens (including phenoxy) is 2. The molecular weight excluding hydrogens is 996 g/mol. The van der Waals surface area contributed by atoms with Crippen molar-refractivity contribution in [2.24, 2.45) is 0 Å². The molecule has 2 N–H and O–H groups in total. The van der Waals surface area contributed by atoms with Crippen LogP contribution < -0.4 is 25.0 Å². The number of carbonyl (C=O) groups excluding carboxylic acids is 2. The van der Waals surface area contributed by atoms with Crippen molar-refractivity contribution < 1.29 is 35.9 Å². The van der Waals surface area contributed by atoms with Gasteiger partial charge in [0.1, 0.15) is 19.9 Å². The van der Waals surface area contributed by atoms with E-state index in [9.17, 15) is 26.4 Å². The predicted octanol–water partition coefficient (Wildman–Crippen LogP) is 7.80. The quantitative estimate of drug-likeness (QED) is 0.0981. The van der Waals surface area contributed by atoms with E-state index in [1.165, 1.54) is 31.9 Å². The van der Waals surface area contributed by atoms with Crippen molar-refractivity contribution in [2.45, 2.75) is 27.9 Å². The Morgan fingerprint density at radius 2 is 1.06 bits per heavy atom. The normalized spacial score (nSPS) is 15.1. The van der Waals surface area contributed by atoms with Crippen LogP contribution in [0.25, 0.3) is 0 Å². The van der Waals surface area contributed by atoms with Gasteiger partial charge in [0.25, 0.3) is 31.9 Å². The van der Waals surface area contributed by atoms with Crippen LogP contribution in [-0.2, 0) is 39.6 Å². The highest BCUT2D eigenvalue weighted by Gasteiger charge is 2.31. The standard InChI is InChI=1S/C24H26ClN3O5S2.C22H24ClN3O3S3/c1-32-20-13-19(14-21(15-20)33-2)27-9-11-28(12-10-27)35(30,31)23-8-7-22(34-23)16-26-24(29)17-3-5-18(25)6-4-17;23-18-5-3-17(4-6-18)22(27)24-16-20-7-8-21(31-20)32(28,29)26-13-11-25(12-14-26)10-9-19-2-1-15-30-19/h3-8,13-15H,9-12,16H2,1-2H3,(H,26,29);1-8,15H,9-14,16H2,(H,24,27). The fraction of sp³-hybridized carbons (Fsp3) is 0.304. The Balaban J connectivity index is 0.000000200. The smallest absolute Gasteiger partial charge is 0.252 e. The molecule has 2 aliphatic rings. The molecule has 2 amide bonds. The van der Waals surface area contributed by atoms with Gasteiger partial charge in [-0.15, -0.1) is 34.0 Å². The summed E-state index contributed by atoms with van der Waals surface area (Å²) in [6, 6.07) is 29.8. The molecular formula is C46H50Cl2N6O8S5. The molecule has 0 radical (unpaired) electrons. The van der Waals surface area contributed by atoms with Gasteiger partial charge in [-0.25, -0.2) is 16.8 Å². The first kappa shape index (κ1) is 50.3. The number of nitrogens with zero attached hydrogens (tertiary/aromatic N) is 4. The molecule has 3 aromatic carbocycles. The third-order valence-electron chi connectivity index (χ3n) is 11.0. The average Bonchev–Trinajstić information content (AvgIpc) is 4.17. The number of thiophene rings is 3. The van der Waals surface area contributed by atoms with Crippen LogP contribution in [0, 0.1) is 0 Å². The second-order valence-electron chi connectivity index (χ2n) is 15.4. The third-order valence-corrected chi connectivity index (χ3v) is 19.4. The number of rotatable bonds is 16. The molecule has 0 atom stereocenters. The minimum Gasteiger partial charge on any atom is -0.497 e. The third kappa shape index (κ3) is 13.4. The van der Waals surface area contributed by atoms with E-state index in [0.717, 1.165) is 41.5 Å². The van der Waals surface area contributed by atoms with Gasteiger partial charge >= 0.3 is 0 Å². The molecule has 21 heteroatoms. The summed E-state index contributed by atoms with van der Waals surface area (Å²) < 4.78 is 66.9. The Kier molecular flexibility index (Phi) is 17.4. The SMILES string of the molecule is COc1cc(OC)cc(N2CCN(S(=O)(=O)c3ccc(CNC(=O)c4ccc(Cl)cc4)s3)CC2)c1.O=C(NCc1ccc(S(=O)(=O)N2CCN(CCc3cccs3)CC2)s1)c1ccc(Cl)cc1. The zero-order valence-electron chi connectivity index (χ0n) is 36.7. The summed E-state index contributed by atoms with van der Waals surface area (Å²) in [6.07, 6.45) is 1.00. The Morgan fingerprint density at radius 1 is 0.597 bits per heavy atom. The van der Waals surface area contributed by atoms with E-state index in [2.05, 4.69) is 37.9 Å². The van der Waals surface area contributed by atoms with Crippen molar-refractivity contribution in [3.8, 4) is 11.5 Å². The van der Waals surface area contributed by atoms with E-state index in [4.69, 9.17) is 32.7 Å². The van der Waals surface area contributed by atoms with E-state index in [-0.39, 0.29) is 29.1 Å². The van der Waals surface area contributed by atoms with Crippen LogP contribution in [0.1, 0.15) is 35.3 Å². The molecule has 0 unspecified atom stereocenters. The zero-order chi connectivity index (χ0) is 47.6. The lowest BCUT2D eigenvalue weighted by Crippen LogP contribution is -2.48. The van der Waals surface area contributed by atoms with Gasteiger partial charge in [0.2, 0.25) is 0 Å². The Hall–Kier alpha value is -4.54. The molecule has 67 heavy (non-hydrogen) atoms. The number of sulfonamides is 2. The highest BCUT2D eigenvalue weighted by atomic mass is 35.5. The lowest BCUT2D eigenvalue weighted by atomic mass is 10.2. The maximum atomic E-state index is 13.2. The van der Waals surface area contributed by atoms with Crippen molar-refractivity contribution in [3.63, 3.8) is 0 Å². The van der Waals surface area contributed by atoms with E-state index < -0.39 is 20.0 Å². The summed E-state index contributed by atoms with van der Waals surface area (Å²) in [7, 11) is -3.94. The van der Waals surface area contributed by atoms with Gasteiger partial charge < -0.3 is 29.9 Å². The summed E-state index contributed by atoms with van der Waals surface area (Å²) in [6.45, 7) is 5.75. The number of piperazine rings is 2. The number of benzene rings is 3. The molecule has 0 spiro atoms. The predicted molar refractivity (Wildman–Crippen MR) is 268 cm³/mol. The van der Waals surface area contributed by atoms with Crippen molar-refractivity contribution >= 4 is 94.8 Å². The molecule has 6 aromatic rings. The van der Waals surface area contributed by atoms with E-state index in [0.29, 0.717) is 76.1 Å². The highest BCUT2D eigenvalue weighted by Crippen LogP contribution is 2.31. The van der Waals surface area contributed by atoms with Gasteiger partial charge in [-0.2, -0.15) is 8.61 Å². The number of halogens is 2. The number of hydrogen-bond donors (Lipinski definition) is 2. The number of nitrogens with one attached hydrogen (secondary N) is 2. The first-order chi connectivity index (χ1) is 32.2. The first-order valence-electron chi connectivity index (χ1n) is 21.2. The van der Waals surface area contributed by atoms with Crippen LogP contribution in [0.5, 0.6) is 11.5 Å². The number of anilines is 1. The maximum Gasteiger partial charge on any atom is 0.252 e. The molecule has 2 aliphatic heterocycles. The number of methoxy groups -OCH3 is 2. The second-order valence-corrected chi connectivity index (χ2v) is 23.9. The highest BCUT2D eigenvalue weighted by molar-refractivity contribution is 7.91. The van der Waals surface area contributed by atoms with Gasteiger partial charge in [-0.05, 0) is 90.7 Å². The summed E-state index contributed by atoms with van der Waals surface area (Å²) in [5.74, 6) is 0.898. The van der Waals surface area contributed by atoms with Crippen molar-refractivity contribution in [3.05, 3.63) is 144 Å². The van der Waals surface area contributed by atoms with Gasteiger partial charge in [0, 0.05) is 119 Å². The van der Waals surface area contributed by atoms with Crippen LogP contribution in [0.4, 0.5) is 5.69 Å². The van der Waals surface area contributed by atoms with Gasteiger partial charge in [-0.1, -0.05) is 29.3 Å². The maximum absolute atomic E-state index is 13.2. The number of carbonyl (C=O) groups is 2. The number of hydrogen-bond acceptors (Lipinski definition) is 13. The molecule has 5 heterocycles. The van der Waals surface area contributed by atoms with Crippen molar-refractivity contribution in [1.29, 1.82) is 0 Å². The molecule has 8 rings (SSSR count). The fourth-order valence-corrected chi connectivity index (χ4v) is 14.0. The van der Waals surface area contributed by atoms with Crippen LogP contribution in [0.15, 0.2) is 117 Å². The molecule has 0 saturated carbocycles. The van der Waals surface area contributed by atoms with Crippen LogP contribution in [-0.4, -0.2) is 115 Å². The van der Waals surface area contributed by atoms with Gasteiger partial charge in [0.05, 0.1) is 27.3 Å². The monoisotopic (exact) mass is 1040 g/mol. The minimum atomic E-state index is -3.62. The summed E-state index contributed by atoms with van der Waals surface area (Å²) in [5, 5.41) is 8.84. The molecule has 2 saturated heterocycles.